The van der Waals surface area contributed by atoms with Crippen LogP contribution >= 0.6 is 12.4 Å². The summed E-state index contributed by atoms with van der Waals surface area (Å²) >= 11 is 0. The molecule has 0 aromatic heterocycles. The smallest absolute Gasteiger partial charge is 0.358 e. The van der Waals surface area contributed by atoms with Crippen LogP contribution in [0.2, 0.25) is 0 Å². The van der Waals surface area contributed by atoms with E-state index in [9.17, 15) is 0 Å². The Kier molecular flexibility index (Phi) is 9.18. The van der Waals surface area contributed by atoms with E-state index in [1.807, 2.05) is 0 Å². The van der Waals surface area contributed by atoms with Gasteiger partial charge in [0.05, 0.1) is 0 Å². The topological polar surface area (TPSA) is 0 Å². The van der Waals surface area contributed by atoms with Crippen LogP contribution in [0.15, 0.2) is 16.7 Å². The molecule has 0 radical (unpaired) electrons. The van der Waals surface area contributed by atoms with Crippen LogP contribution in [0.1, 0.15) is 34.6 Å². The van der Waals surface area contributed by atoms with E-state index < -0.39 is 0 Å². The standard InChI is InChI=1S/C10H15.CH3.ClH.Zr/c1-7-6-10(4,5)9(3)8(7)2;;;/h1-5H3;1H3;1H;/q2*-1;;+2. The Balaban J connectivity index is -0.000000333. The summed E-state index contributed by atoms with van der Waals surface area (Å²) < 4.78 is 0. The number of hydrogen-bond acceptors (Lipinski definition) is 0. The molecule has 0 bridgehead atoms. The first kappa shape index (κ1) is 19.3. The molecule has 13 heavy (non-hydrogen) atoms. The Morgan fingerprint density at radius 2 is 1.46 bits per heavy atom. The monoisotopic (exact) mass is 276 g/mol. The van der Waals surface area contributed by atoms with Crippen molar-refractivity contribution in [2.24, 2.45) is 5.41 Å². The fraction of sp³-hybridized carbons (Fsp3) is 0.545. The molecule has 2 heteroatoms. The van der Waals surface area contributed by atoms with Crippen LogP contribution in [-0.4, -0.2) is 0 Å². The Bertz CT molecular complexity index is 224. The number of hydrogen-bond donors (Lipinski definition) is 0. The van der Waals surface area contributed by atoms with Gasteiger partial charge < -0.3 is 7.43 Å². The Labute approximate surface area is 108 Å². The SMILES string of the molecule is CC1=[C-]C(C)(C)C(C)=C1C.Cl.[CH3-].[Zr+2]. The van der Waals surface area contributed by atoms with Crippen LogP contribution < -0.4 is 0 Å². The summed E-state index contributed by atoms with van der Waals surface area (Å²) in [6.07, 6.45) is 3.44. The van der Waals surface area contributed by atoms with Gasteiger partial charge >= 0.3 is 26.2 Å². The maximum atomic E-state index is 3.44. The summed E-state index contributed by atoms with van der Waals surface area (Å²) in [4.78, 5) is 0. The first-order valence-corrected chi connectivity index (χ1v) is 3.75. The zero-order valence-corrected chi connectivity index (χ0v) is 12.7. The van der Waals surface area contributed by atoms with Gasteiger partial charge in [0.2, 0.25) is 0 Å². The minimum atomic E-state index is 0. The van der Waals surface area contributed by atoms with Gasteiger partial charge in [0, 0.05) is 0 Å². The van der Waals surface area contributed by atoms with E-state index >= 15 is 0 Å². The Morgan fingerprint density at radius 3 is 1.54 bits per heavy atom. The molecule has 0 fully saturated rings. The molecule has 0 saturated carbocycles. The van der Waals surface area contributed by atoms with Crippen molar-refractivity contribution in [2.75, 3.05) is 0 Å². The summed E-state index contributed by atoms with van der Waals surface area (Å²) in [7, 11) is 0. The van der Waals surface area contributed by atoms with Crippen LogP contribution in [-0.2, 0) is 26.2 Å². The molecule has 0 saturated heterocycles. The first-order valence-electron chi connectivity index (χ1n) is 3.75. The van der Waals surface area contributed by atoms with Gasteiger partial charge in [-0.1, -0.05) is 33.1 Å². The predicted molar refractivity (Wildman–Crippen MR) is 58.2 cm³/mol. The van der Waals surface area contributed by atoms with Gasteiger partial charge in [-0.3, -0.25) is 6.08 Å². The molecule has 74 valence electrons. The van der Waals surface area contributed by atoms with Crippen molar-refractivity contribution in [3.05, 3.63) is 30.2 Å². The maximum absolute atomic E-state index is 3.44. The molecule has 0 heterocycles. The van der Waals surface area contributed by atoms with Crippen LogP contribution in [0.3, 0.4) is 0 Å². The van der Waals surface area contributed by atoms with Crippen molar-refractivity contribution in [3.63, 3.8) is 0 Å². The van der Waals surface area contributed by atoms with E-state index in [2.05, 4.69) is 40.7 Å². The minimum Gasteiger partial charge on any atom is -0.358 e. The second-order valence-electron chi connectivity index (χ2n) is 3.62. The maximum Gasteiger partial charge on any atom is 2.00 e. The molecular weight excluding hydrogens is 259 g/mol. The average molecular weight is 278 g/mol. The summed E-state index contributed by atoms with van der Waals surface area (Å²) in [6.45, 7) is 10.9. The van der Waals surface area contributed by atoms with Crippen molar-refractivity contribution in [3.8, 4) is 0 Å². The largest absolute Gasteiger partial charge is 2.00 e. The molecule has 0 spiro atoms. The van der Waals surface area contributed by atoms with Gasteiger partial charge in [-0.25, -0.2) is 5.57 Å². The first-order chi connectivity index (χ1) is 4.45. The third kappa shape index (κ3) is 3.72. The summed E-state index contributed by atoms with van der Waals surface area (Å²) in [5.41, 5.74) is 4.39. The molecule has 0 aromatic carbocycles. The van der Waals surface area contributed by atoms with Crippen LogP contribution in [0, 0.1) is 18.9 Å². The molecule has 0 nitrogen and oxygen atoms in total. The second kappa shape index (κ2) is 6.20. The van der Waals surface area contributed by atoms with Gasteiger partial charge in [-0.15, -0.1) is 19.3 Å². The van der Waals surface area contributed by atoms with Crippen LogP contribution in [0.25, 0.3) is 0 Å². The van der Waals surface area contributed by atoms with E-state index in [1.165, 1.54) is 16.7 Å². The molecule has 0 aliphatic heterocycles. The quantitative estimate of drug-likeness (QED) is 0.588. The summed E-state index contributed by atoms with van der Waals surface area (Å²) in [5.74, 6) is 0. The van der Waals surface area contributed by atoms with Gasteiger partial charge in [0.15, 0.2) is 0 Å². The average Bonchev–Trinajstić information content (AvgIpc) is 1.95. The fourth-order valence-electron chi connectivity index (χ4n) is 1.41. The van der Waals surface area contributed by atoms with Crippen molar-refractivity contribution >= 4 is 12.4 Å². The molecule has 1 rings (SSSR count). The molecular formula is C11H19ClZr. The van der Waals surface area contributed by atoms with E-state index in [1.54, 1.807) is 0 Å². The zero-order chi connectivity index (χ0) is 7.94. The Hall–Kier alpha value is 0.653. The van der Waals surface area contributed by atoms with E-state index in [4.69, 9.17) is 0 Å². The molecule has 0 N–H and O–H groups in total. The normalized spacial score (nSPS) is 18.1. The van der Waals surface area contributed by atoms with Crippen molar-refractivity contribution in [1.82, 2.24) is 0 Å². The predicted octanol–water partition coefficient (Wildman–Crippen LogP) is 3.98. The zero-order valence-electron chi connectivity index (χ0n) is 9.41. The number of halogens is 1. The van der Waals surface area contributed by atoms with Crippen LogP contribution in [0.5, 0.6) is 0 Å². The summed E-state index contributed by atoms with van der Waals surface area (Å²) in [6, 6.07) is 0. The van der Waals surface area contributed by atoms with Crippen molar-refractivity contribution in [2.45, 2.75) is 34.6 Å². The fourth-order valence-corrected chi connectivity index (χ4v) is 1.41. The number of rotatable bonds is 0. The molecule has 0 amide bonds. The molecule has 0 atom stereocenters. The summed E-state index contributed by atoms with van der Waals surface area (Å²) in [5, 5.41) is 0. The van der Waals surface area contributed by atoms with Crippen molar-refractivity contribution in [1.29, 1.82) is 0 Å². The number of allylic oxidation sites excluding steroid dienone is 4. The van der Waals surface area contributed by atoms with Gasteiger partial charge in [0.25, 0.3) is 0 Å². The molecule has 0 unspecified atom stereocenters. The van der Waals surface area contributed by atoms with Gasteiger partial charge in [0.1, 0.15) is 0 Å². The minimum absolute atomic E-state index is 0. The third-order valence-corrected chi connectivity index (χ3v) is 2.56. The Morgan fingerprint density at radius 1 is 1.08 bits per heavy atom. The van der Waals surface area contributed by atoms with Crippen LogP contribution in [0.4, 0.5) is 0 Å². The van der Waals surface area contributed by atoms with Gasteiger partial charge in [-0.2, -0.15) is 11.1 Å². The van der Waals surface area contributed by atoms with Crippen molar-refractivity contribution < 1.29 is 26.2 Å². The molecule has 1 aliphatic rings. The van der Waals surface area contributed by atoms with E-state index in [0.717, 1.165) is 0 Å². The third-order valence-electron chi connectivity index (χ3n) is 2.56. The van der Waals surface area contributed by atoms with E-state index in [-0.39, 0.29) is 51.5 Å². The van der Waals surface area contributed by atoms with E-state index in [0.29, 0.717) is 0 Å². The second-order valence-corrected chi connectivity index (χ2v) is 3.62. The van der Waals surface area contributed by atoms with Gasteiger partial charge in [-0.05, 0) is 0 Å². The molecule has 1 aliphatic carbocycles. The molecule has 0 aromatic rings.